The number of ether oxygens (including phenoxy) is 2. The van der Waals surface area contributed by atoms with Crippen molar-refractivity contribution >= 4 is 40.0 Å². The van der Waals surface area contributed by atoms with E-state index >= 15 is 0 Å². The van der Waals surface area contributed by atoms with E-state index in [1.807, 2.05) is 38.1 Å². The Kier molecular flexibility index (Phi) is 11.8. The van der Waals surface area contributed by atoms with Gasteiger partial charge in [-0.1, -0.05) is 6.07 Å². The van der Waals surface area contributed by atoms with Gasteiger partial charge in [-0.15, -0.1) is 24.0 Å². The number of piperidine rings is 1. The number of nitrogens with one attached hydrogen (secondary N) is 2. The van der Waals surface area contributed by atoms with Crippen LogP contribution in [0.5, 0.6) is 11.5 Å². The second kappa shape index (κ2) is 13.2. The summed E-state index contributed by atoms with van der Waals surface area (Å²) in [7, 11) is -1.48. The first-order valence-corrected chi connectivity index (χ1v) is 11.8. The van der Waals surface area contributed by atoms with E-state index in [9.17, 15) is 8.42 Å². The molecule has 0 radical (unpaired) electrons. The first-order valence-electron chi connectivity index (χ1n) is 10.2. The molecule has 1 heterocycles. The molecular formula is C20H35IN4O4S. The summed E-state index contributed by atoms with van der Waals surface area (Å²) in [5.41, 5.74) is 0. The number of hydrogen-bond acceptors (Lipinski definition) is 5. The first-order chi connectivity index (χ1) is 13.9. The van der Waals surface area contributed by atoms with Gasteiger partial charge in [-0.2, -0.15) is 0 Å². The van der Waals surface area contributed by atoms with Crippen molar-refractivity contribution in [2.75, 3.05) is 39.0 Å². The second-order valence-corrected chi connectivity index (χ2v) is 9.30. The predicted octanol–water partition coefficient (Wildman–Crippen LogP) is 2.45. The SMILES string of the molecule is CCNC(=NCC(C)Oc1cccc(OC)c1)NC1CCN(S(=O)(=O)CC)CC1.I. The highest BCUT2D eigenvalue weighted by atomic mass is 127. The van der Waals surface area contributed by atoms with E-state index in [0.29, 0.717) is 19.6 Å². The highest BCUT2D eigenvalue weighted by Crippen LogP contribution is 2.20. The quantitative estimate of drug-likeness (QED) is 0.277. The summed E-state index contributed by atoms with van der Waals surface area (Å²) in [4.78, 5) is 4.64. The molecule has 10 heteroatoms. The Bertz CT molecular complexity index is 768. The van der Waals surface area contributed by atoms with E-state index in [1.165, 1.54) is 0 Å². The van der Waals surface area contributed by atoms with Crippen molar-refractivity contribution in [3.05, 3.63) is 24.3 Å². The molecule has 1 fully saturated rings. The number of methoxy groups -OCH3 is 1. The number of sulfonamides is 1. The molecule has 0 bridgehead atoms. The smallest absolute Gasteiger partial charge is 0.213 e. The van der Waals surface area contributed by atoms with Gasteiger partial charge < -0.3 is 20.1 Å². The third-order valence-electron chi connectivity index (χ3n) is 4.78. The zero-order chi connectivity index (χ0) is 21.3. The Balaban J connectivity index is 0.00000450. The third kappa shape index (κ3) is 8.46. The van der Waals surface area contributed by atoms with Gasteiger partial charge in [0, 0.05) is 31.7 Å². The molecule has 1 aromatic rings. The molecule has 0 spiro atoms. The van der Waals surface area contributed by atoms with Crippen LogP contribution in [0.25, 0.3) is 0 Å². The molecule has 1 aliphatic rings. The van der Waals surface area contributed by atoms with Crippen molar-refractivity contribution in [1.82, 2.24) is 14.9 Å². The highest BCUT2D eigenvalue weighted by molar-refractivity contribution is 14.0. The molecular weight excluding hydrogens is 519 g/mol. The first kappa shape index (κ1) is 26.8. The molecule has 0 saturated carbocycles. The fourth-order valence-corrected chi connectivity index (χ4v) is 4.27. The van der Waals surface area contributed by atoms with Crippen LogP contribution in [-0.2, 0) is 10.0 Å². The van der Waals surface area contributed by atoms with Crippen molar-refractivity contribution in [2.24, 2.45) is 4.99 Å². The van der Waals surface area contributed by atoms with Crippen LogP contribution < -0.4 is 20.1 Å². The zero-order valence-electron chi connectivity index (χ0n) is 18.3. The molecule has 30 heavy (non-hydrogen) atoms. The van der Waals surface area contributed by atoms with Gasteiger partial charge >= 0.3 is 0 Å². The van der Waals surface area contributed by atoms with E-state index < -0.39 is 10.0 Å². The number of benzene rings is 1. The molecule has 2 rings (SSSR count). The Morgan fingerprint density at radius 3 is 2.53 bits per heavy atom. The Labute approximate surface area is 197 Å². The number of guanidine groups is 1. The zero-order valence-corrected chi connectivity index (χ0v) is 21.4. The van der Waals surface area contributed by atoms with Crippen LogP contribution in [0.2, 0.25) is 0 Å². The van der Waals surface area contributed by atoms with Crippen LogP contribution in [0.15, 0.2) is 29.3 Å². The molecule has 1 unspecified atom stereocenters. The van der Waals surface area contributed by atoms with Crippen molar-refractivity contribution in [2.45, 2.75) is 45.8 Å². The predicted molar refractivity (Wildman–Crippen MR) is 132 cm³/mol. The van der Waals surface area contributed by atoms with E-state index in [-0.39, 0.29) is 41.9 Å². The van der Waals surface area contributed by atoms with Crippen molar-refractivity contribution in [1.29, 1.82) is 0 Å². The largest absolute Gasteiger partial charge is 0.497 e. The van der Waals surface area contributed by atoms with Crippen molar-refractivity contribution < 1.29 is 17.9 Å². The molecule has 1 saturated heterocycles. The lowest BCUT2D eigenvalue weighted by atomic mass is 10.1. The maximum absolute atomic E-state index is 12.0. The lowest BCUT2D eigenvalue weighted by Gasteiger charge is -2.32. The Morgan fingerprint density at radius 2 is 1.93 bits per heavy atom. The minimum Gasteiger partial charge on any atom is -0.497 e. The van der Waals surface area contributed by atoms with Gasteiger partial charge in [0.15, 0.2) is 5.96 Å². The minimum atomic E-state index is -3.11. The fraction of sp³-hybridized carbons (Fsp3) is 0.650. The lowest BCUT2D eigenvalue weighted by molar-refractivity contribution is 0.229. The molecule has 1 atom stereocenters. The van der Waals surface area contributed by atoms with Gasteiger partial charge in [-0.25, -0.2) is 17.7 Å². The van der Waals surface area contributed by atoms with Gasteiger partial charge in [0.05, 0.1) is 19.4 Å². The number of nitrogens with zero attached hydrogens (tertiary/aromatic N) is 2. The van der Waals surface area contributed by atoms with E-state index in [0.717, 1.165) is 36.8 Å². The summed E-state index contributed by atoms with van der Waals surface area (Å²) in [6.07, 6.45) is 1.42. The molecule has 172 valence electrons. The van der Waals surface area contributed by atoms with Crippen LogP contribution in [0.3, 0.4) is 0 Å². The van der Waals surface area contributed by atoms with Gasteiger partial charge in [0.25, 0.3) is 0 Å². The van der Waals surface area contributed by atoms with Gasteiger partial charge in [-0.3, -0.25) is 0 Å². The van der Waals surface area contributed by atoms with Crippen LogP contribution >= 0.6 is 24.0 Å². The summed E-state index contributed by atoms with van der Waals surface area (Å²) in [5.74, 6) is 2.38. The molecule has 2 N–H and O–H groups in total. The van der Waals surface area contributed by atoms with E-state index in [1.54, 1.807) is 18.3 Å². The van der Waals surface area contributed by atoms with Crippen LogP contribution in [0, 0.1) is 0 Å². The summed E-state index contributed by atoms with van der Waals surface area (Å²) in [6, 6.07) is 7.71. The summed E-state index contributed by atoms with van der Waals surface area (Å²) >= 11 is 0. The number of halogens is 1. The third-order valence-corrected chi connectivity index (χ3v) is 6.66. The number of rotatable bonds is 9. The summed E-state index contributed by atoms with van der Waals surface area (Å²) < 4.78 is 36.7. The minimum absolute atomic E-state index is 0. The average molecular weight is 554 g/mol. The highest BCUT2D eigenvalue weighted by Gasteiger charge is 2.27. The average Bonchev–Trinajstić information content (AvgIpc) is 2.72. The van der Waals surface area contributed by atoms with Gasteiger partial charge in [0.1, 0.15) is 17.6 Å². The molecule has 0 aromatic heterocycles. The normalized spacial score (nSPS) is 17.0. The fourth-order valence-electron chi connectivity index (χ4n) is 3.14. The molecule has 0 aliphatic carbocycles. The van der Waals surface area contributed by atoms with E-state index in [4.69, 9.17) is 9.47 Å². The summed E-state index contributed by atoms with van der Waals surface area (Å²) in [5, 5.41) is 6.68. The standard InChI is InChI=1S/C20H34N4O4S.HI/c1-5-21-20(23-17-10-12-24(13-11-17)29(25,26)6-2)22-15-16(3)28-19-9-7-8-18(14-19)27-4;/h7-9,14,16-17H,5-6,10-13,15H2,1-4H3,(H2,21,22,23);1H. The Morgan fingerprint density at radius 1 is 1.27 bits per heavy atom. The van der Waals surface area contributed by atoms with Crippen molar-refractivity contribution in [3.63, 3.8) is 0 Å². The summed E-state index contributed by atoms with van der Waals surface area (Å²) in [6.45, 7) is 8.01. The number of hydrogen-bond donors (Lipinski definition) is 2. The van der Waals surface area contributed by atoms with Crippen LogP contribution in [-0.4, -0.2) is 69.9 Å². The number of aliphatic imine (C=N–C) groups is 1. The van der Waals surface area contributed by atoms with Crippen LogP contribution in [0.1, 0.15) is 33.6 Å². The monoisotopic (exact) mass is 554 g/mol. The molecule has 8 nitrogen and oxygen atoms in total. The van der Waals surface area contributed by atoms with Crippen LogP contribution in [0.4, 0.5) is 0 Å². The molecule has 0 amide bonds. The lowest BCUT2D eigenvalue weighted by Crippen LogP contribution is -2.50. The molecule has 1 aromatic carbocycles. The maximum Gasteiger partial charge on any atom is 0.213 e. The van der Waals surface area contributed by atoms with Crippen molar-refractivity contribution in [3.8, 4) is 11.5 Å². The topological polar surface area (TPSA) is 92.3 Å². The maximum atomic E-state index is 12.0. The Hall–Kier alpha value is -1.27. The van der Waals surface area contributed by atoms with Gasteiger partial charge in [0.2, 0.25) is 10.0 Å². The van der Waals surface area contributed by atoms with Gasteiger partial charge in [-0.05, 0) is 45.7 Å². The second-order valence-electron chi connectivity index (χ2n) is 7.05. The molecule has 1 aliphatic heterocycles. The van der Waals surface area contributed by atoms with E-state index in [2.05, 4.69) is 15.6 Å².